The molecule has 0 fully saturated rings. The number of nitrogens with one attached hydrogen (secondary N) is 2. The second-order valence-electron chi connectivity index (χ2n) is 6.72. The van der Waals surface area contributed by atoms with E-state index >= 15 is 0 Å². The highest BCUT2D eigenvalue weighted by molar-refractivity contribution is 5.97. The molecule has 0 spiro atoms. The van der Waals surface area contributed by atoms with Gasteiger partial charge in [0.2, 0.25) is 11.5 Å². The van der Waals surface area contributed by atoms with E-state index in [1.807, 2.05) is 0 Å². The van der Waals surface area contributed by atoms with Crippen LogP contribution in [0.2, 0.25) is 0 Å². The number of amides is 2. The average molecular weight is 492 g/mol. The van der Waals surface area contributed by atoms with E-state index in [1.165, 1.54) is 66.9 Å². The first-order chi connectivity index (χ1) is 16.8. The maximum atomic E-state index is 12.5. The molecule has 12 heteroatoms. The number of benzene rings is 2. The zero-order valence-corrected chi connectivity index (χ0v) is 20.3. The minimum atomic E-state index is -0.814. The van der Waals surface area contributed by atoms with Crippen LogP contribution < -0.4 is 39.1 Å². The van der Waals surface area contributed by atoms with Gasteiger partial charge in [-0.25, -0.2) is 0 Å². The molecule has 0 aliphatic heterocycles. The molecule has 35 heavy (non-hydrogen) atoms. The fourth-order valence-electron chi connectivity index (χ4n) is 3.01. The zero-order chi connectivity index (χ0) is 26.0. The highest BCUT2D eigenvalue weighted by atomic mass is 16.5. The normalized spacial score (nSPS) is 10.0. The molecule has 0 aliphatic carbocycles. The molecule has 0 saturated carbocycles. The van der Waals surface area contributed by atoms with Gasteiger partial charge in [0, 0.05) is 23.4 Å². The second-order valence-corrected chi connectivity index (χ2v) is 6.72. The van der Waals surface area contributed by atoms with Crippen LogP contribution in [0.25, 0.3) is 0 Å². The number of rotatable bonds is 12. The van der Waals surface area contributed by atoms with Crippen molar-refractivity contribution in [2.45, 2.75) is 0 Å². The Kier molecular flexibility index (Phi) is 9.82. The Balaban J connectivity index is 1.93. The van der Waals surface area contributed by atoms with Gasteiger partial charge in [-0.15, -0.1) is 0 Å². The Labute approximate surface area is 202 Å². The average Bonchev–Trinajstić information content (AvgIpc) is 2.88. The lowest BCUT2D eigenvalue weighted by atomic mass is 10.1. The van der Waals surface area contributed by atoms with Crippen molar-refractivity contribution in [1.29, 1.82) is 0 Å². The molecule has 0 heterocycles. The van der Waals surface area contributed by atoms with Crippen molar-refractivity contribution in [3.05, 3.63) is 29.8 Å². The SMILES string of the molecule is COc1cc(NC(=O)COC(=O)CNC(=O)c2cc(OC)c(OC)c(OC)c2)cc(OC)c1OC. The lowest BCUT2D eigenvalue weighted by Crippen LogP contribution is -2.32. The van der Waals surface area contributed by atoms with Crippen molar-refractivity contribution in [3.8, 4) is 34.5 Å². The third-order valence-electron chi connectivity index (χ3n) is 4.63. The van der Waals surface area contributed by atoms with Gasteiger partial charge >= 0.3 is 5.97 Å². The van der Waals surface area contributed by atoms with Crippen LogP contribution in [0.1, 0.15) is 10.4 Å². The zero-order valence-electron chi connectivity index (χ0n) is 20.3. The molecule has 190 valence electrons. The number of anilines is 1. The third kappa shape index (κ3) is 6.82. The largest absolute Gasteiger partial charge is 0.493 e. The van der Waals surface area contributed by atoms with E-state index < -0.39 is 30.9 Å². The van der Waals surface area contributed by atoms with Crippen LogP contribution >= 0.6 is 0 Å². The first kappa shape index (κ1) is 26.9. The van der Waals surface area contributed by atoms with Crippen molar-refractivity contribution in [1.82, 2.24) is 5.32 Å². The van der Waals surface area contributed by atoms with Crippen molar-refractivity contribution >= 4 is 23.5 Å². The molecule has 0 saturated heterocycles. The van der Waals surface area contributed by atoms with E-state index in [-0.39, 0.29) is 17.1 Å². The number of ether oxygens (including phenoxy) is 7. The minimum Gasteiger partial charge on any atom is -0.493 e. The summed E-state index contributed by atoms with van der Waals surface area (Å²) < 4.78 is 36.2. The topological polar surface area (TPSA) is 140 Å². The van der Waals surface area contributed by atoms with Crippen LogP contribution in [0, 0.1) is 0 Å². The number of hydrogen-bond acceptors (Lipinski definition) is 10. The standard InChI is InChI=1S/C23H28N2O10/c1-29-15-7-13(8-16(30-2)21(15)33-5)23(28)24-11-20(27)35-12-19(26)25-14-9-17(31-3)22(34-6)18(10-14)32-4/h7-10H,11-12H2,1-6H3,(H,24,28)(H,25,26). The fourth-order valence-corrected chi connectivity index (χ4v) is 3.01. The first-order valence-corrected chi connectivity index (χ1v) is 10.1. The summed E-state index contributed by atoms with van der Waals surface area (Å²) in [6.07, 6.45) is 0. The minimum absolute atomic E-state index is 0.174. The Bertz CT molecular complexity index is 1020. The summed E-state index contributed by atoms with van der Waals surface area (Å²) in [4.78, 5) is 36.7. The van der Waals surface area contributed by atoms with E-state index in [0.29, 0.717) is 28.7 Å². The van der Waals surface area contributed by atoms with Gasteiger partial charge in [-0.2, -0.15) is 0 Å². The number of esters is 1. The molecule has 2 aromatic rings. The van der Waals surface area contributed by atoms with Gasteiger partial charge in [-0.3, -0.25) is 14.4 Å². The number of methoxy groups -OCH3 is 6. The lowest BCUT2D eigenvalue weighted by Gasteiger charge is -2.15. The Morgan fingerprint density at radius 3 is 1.57 bits per heavy atom. The van der Waals surface area contributed by atoms with Crippen molar-refractivity contribution in [2.75, 3.05) is 61.1 Å². The predicted molar refractivity (Wildman–Crippen MR) is 124 cm³/mol. The summed E-state index contributed by atoms with van der Waals surface area (Å²) in [5.41, 5.74) is 0.517. The van der Waals surface area contributed by atoms with Gasteiger partial charge in [0.25, 0.3) is 11.8 Å². The predicted octanol–water partition coefficient (Wildman–Crippen LogP) is 1.65. The van der Waals surface area contributed by atoms with Gasteiger partial charge in [0.1, 0.15) is 6.54 Å². The summed E-state index contributed by atoms with van der Waals surface area (Å²) in [6, 6.07) is 5.93. The van der Waals surface area contributed by atoms with Gasteiger partial charge in [-0.05, 0) is 12.1 Å². The molecule has 0 aliphatic rings. The number of hydrogen-bond donors (Lipinski definition) is 2. The summed E-state index contributed by atoms with van der Waals surface area (Å²) >= 11 is 0. The molecule has 0 atom stereocenters. The van der Waals surface area contributed by atoms with Crippen LogP contribution in [-0.4, -0.2) is 73.6 Å². The van der Waals surface area contributed by atoms with Crippen LogP contribution in [-0.2, 0) is 14.3 Å². The molecule has 0 aromatic heterocycles. The fraction of sp³-hybridized carbons (Fsp3) is 0.348. The van der Waals surface area contributed by atoms with E-state index in [1.54, 1.807) is 0 Å². The number of carbonyl (C=O) groups excluding carboxylic acids is 3. The Hall–Kier alpha value is -4.35. The van der Waals surface area contributed by atoms with E-state index in [0.717, 1.165) is 0 Å². The smallest absolute Gasteiger partial charge is 0.325 e. The van der Waals surface area contributed by atoms with Crippen LogP contribution in [0.5, 0.6) is 34.5 Å². The van der Waals surface area contributed by atoms with E-state index in [9.17, 15) is 14.4 Å². The molecule has 12 nitrogen and oxygen atoms in total. The monoisotopic (exact) mass is 492 g/mol. The lowest BCUT2D eigenvalue weighted by molar-refractivity contribution is -0.146. The first-order valence-electron chi connectivity index (χ1n) is 10.1. The maximum Gasteiger partial charge on any atom is 0.325 e. The van der Waals surface area contributed by atoms with Crippen molar-refractivity contribution in [3.63, 3.8) is 0 Å². The van der Waals surface area contributed by atoms with Gasteiger partial charge in [-0.1, -0.05) is 0 Å². The van der Waals surface area contributed by atoms with Crippen LogP contribution in [0.4, 0.5) is 5.69 Å². The summed E-state index contributed by atoms with van der Waals surface area (Å²) in [6.45, 7) is -1.04. The molecule has 0 radical (unpaired) electrons. The van der Waals surface area contributed by atoms with E-state index in [2.05, 4.69) is 10.6 Å². The molecule has 2 aromatic carbocycles. The molecule has 2 N–H and O–H groups in total. The summed E-state index contributed by atoms with van der Waals surface area (Å²) in [5.74, 6) is -0.0720. The van der Waals surface area contributed by atoms with Crippen LogP contribution in [0.3, 0.4) is 0 Å². The summed E-state index contributed by atoms with van der Waals surface area (Å²) in [7, 11) is 8.61. The Morgan fingerprint density at radius 1 is 0.686 bits per heavy atom. The second kappa shape index (κ2) is 12.8. The van der Waals surface area contributed by atoms with Gasteiger partial charge in [0.05, 0.1) is 42.7 Å². The Morgan fingerprint density at radius 2 is 1.14 bits per heavy atom. The number of carbonyl (C=O) groups is 3. The quantitative estimate of drug-likeness (QED) is 0.420. The highest BCUT2D eigenvalue weighted by Gasteiger charge is 2.18. The van der Waals surface area contributed by atoms with Crippen molar-refractivity contribution in [2.24, 2.45) is 0 Å². The molecule has 0 unspecified atom stereocenters. The highest BCUT2D eigenvalue weighted by Crippen LogP contribution is 2.40. The van der Waals surface area contributed by atoms with Crippen LogP contribution in [0.15, 0.2) is 24.3 Å². The molecule has 2 amide bonds. The maximum absolute atomic E-state index is 12.5. The third-order valence-corrected chi connectivity index (χ3v) is 4.63. The molecule has 2 rings (SSSR count). The molecule has 0 bridgehead atoms. The van der Waals surface area contributed by atoms with Gasteiger partial charge < -0.3 is 43.8 Å². The van der Waals surface area contributed by atoms with Crippen molar-refractivity contribution < 1.29 is 47.5 Å². The summed E-state index contributed by atoms with van der Waals surface area (Å²) in [5, 5.41) is 4.98. The van der Waals surface area contributed by atoms with E-state index in [4.69, 9.17) is 33.2 Å². The molecular formula is C23H28N2O10. The molecular weight excluding hydrogens is 464 g/mol. The van der Waals surface area contributed by atoms with Gasteiger partial charge in [0.15, 0.2) is 29.6 Å².